The third-order valence-corrected chi connectivity index (χ3v) is 3.16. The highest BCUT2D eigenvalue weighted by atomic mass is 19.1. The number of nitrogens with one attached hydrogen (secondary N) is 1. The molecule has 0 aromatic heterocycles. The molecule has 8 heteroatoms. The van der Waals surface area contributed by atoms with E-state index in [1.54, 1.807) is 0 Å². The number of aliphatic hydroxyl groups is 1. The SMILES string of the molecule is COc1cc(NCC2(O)CCOC2)c(F)cc1[N+](=O)[O-]. The van der Waals surface area contributed by atoms with Gasteiger partial charge in [-0.1, -0.05) is 0 Å². The maximum absolute atomic E-state index is 13.8. The molecular formula is C12H15FN2O5. The molecule has 1 aliphatic rings. The summed E-state index contributed by atoms with van der Waals surface area (Å²) in [7, 11) is 1.27. The molecule has 1 aromatic carbocycles. The summed E-state index contributed by atoms with van der Waals surface area (Å²) in [5.74, 6) is -0.825. The molecule has 1 unspecified atom stereocenters. The molecule has 0 bridgehead atoms. The van der Waals surface area contributed by atoms with Gasteiger partial charge in [-0.25, -0.2) is 4.39 Å². The van der Waals surface area contributed by atoms with E-state index in [1.807, 2.05) is 0 Å². The molecule has 0 aliphatic carbocycles. The molecule has 20 heavy (non-hydrogen) atoms. The molecule has 0 amide bonds. The number of rotatable bonds is 5. The summed E-state index contributed by atoms with van der Waals surface area (Å²) in [6.07, 6.45) is 0.450. The second-order valence-corrected chi connectivity index (χ2v) is 4.64. The minimum atomic E-state index is -1.05. The van der Waals surface area contributed by atoms with Crippen molar-refractivity contribution in [2.75, 3.05) is 32.2 Å². The van der Waals surface area contributed by atoms with Crippen LogP contribution in [0.5, 0.6) is 5.75 Å². The van der Waals surface area contributed by atoms with Crippen molar-refractivity contribution < 1.29 is 23.9 Å². The van der Waals surface area contributed by atoms with E-state index in [0.717, 1.165) is 6.07 Å². The van der Waals surface area contributed by atoms with Gasteiger partial charge < -0.3 is 19.9 Å². The third kappa shape index (κ3) is 2.97. The number of hydrogen-bond donors (Lipinski definition) is 2. The normalized spacial score (nSPS) is 21.8. The summed E-state index contributed by atoms with van der Waals surface area (Å²) in [5.41, 5.74) is -1.47. The molecule has 1 aliphatic heterocycles. The van der Waals surface area contributed by atoms with Crippen molar-refractivity contribution in [2.24, 2.45) is 0 Å². The molecule has 1 fully saturated rings. The fourth-order valence-corrected chi connectivity index (χ4v) is 1.98. The van der Waals surface area contributed by atoms with Crippen molar-refractivity contribution >= 4 is 11.4 Å². The Kier molecular flexibility index (Phi) is 4.05. The Morgan fingerprint density at radius 3 is 2.95 bits per heavy atom. The molecule has 1 atom stereocenters. The number of anilines is 1. The molecule has 1 heterocycles. The Morgan fingerprint density at radius 1 is 1.65 bits per heavy atom. The lowest BCUT2D eigenvalue weighted by Crippen LogP contribution is -2.37. The van der Waals surface area contributed by atoms with E-state index < -0.39 is 22.0 Å². The van der Waals surface area contributed by atoms with E-state index in [-0.39, 0.29) is 24.6 Å². The standard InChI is InChI=1S/C12H15FN2O5/c1-19-11-5-9(8(13)4-10(11)15(17)18)14-6-12(16)2-3-20-7-12/h4-5,14,16H,2-3,6-7H2,1H3. The van der Waals surface area contributed by atoms with Gasteiger partial charge >= 0.3 is 5.69 Å². The quantitative estimate of drug-likeness (QED) is 0.626. The lowest BCUT2D eigenvalue weighted by molar-refractivity contribution is -0.385. The zero-order valence-electron chi connectivity index (χ0n) is 10.9. The first-order valence-corrected chi connectivity index (χ1v) is 6.01. The first-order chi connectivity index (χ1) is 9.45. The van der Waals surface area contributed by atoms with Crippen LogP contribution in [0.4, 0.5) is 15.8 Å². The Bertz CT molecular complexity index is 517. The van der Waals surface area contributed by atoms with Gasteiger partial charge in [0.15, 0.2) is 11.6 Å². The second kappa shape index (κ2) is 5.59. The molecule has 110 valence electrons. The van der Waals surface area contributed by atoms with Gasteiger partial charge in [0.05, 0.1) is 30.4 Å². The van der Waals surface area contributed by atoms with E-state index in [9.17, 15) is 19.6 Å². The number of ether oxygens (including phenoxy) is 2. The van der Waals surface area contributed by atoms with Crippen molar-refractivity contribution in [1.29, 1.82) is 0 Å². The van der Waals surface area contributed by atoms with Gasteiger partial charge in [-0.2, -0.15) is 0 Å². The minimum absolute atomic E-state index is 0.0350. The third-order valence-electron chi connectivity index (χ3n) is 3.16. The summed E-state index contributed by atoms with van der Waals surface area (Å²) in [6, 6.07) is 1.99. The number of halogens is 1. The van der Waals surface area contributed by atoms with Crippen molar-refractivity contribution in [3.8, 4) is 5.75 Å². The maximum atomic E-state index is 13.8. The van der Waals surface area contributed by atoms with Crippen molar-refractivity contribution in [2.45, 2.75) is 12.0 Å². The zero-order chi connectivity index (χ0) is 14.8. The minimum Gasteiger partial charge on any atom is -0.490 e. The van der Waals surface area contributed by atoms with Gasteiger partial charge in [-0.3, -0.25) is 10.1 Å². The van der Waals surface area contributed by atoms with Gasteiger partial charge in [-0.05, 0) is 0 Å². The molecule has 1 saturated heterocycles. The monoisotopic (exact) mass is 286 g/mol. The molecule has 0 radical (unpaired) electrons. The number of hydrogen-bond acceptors (Lipinski definition) is 6. The van der Waals surface area contributed by atoms with E-state index in [2.05, 4.69) is 5.32 Å². The summed E-state index contributed by atoms with van der Waals surface area (Å²) in [5, 5.41) is 23.5. The van der Waals surface area contributed by atoms with E-state index in [1.165, 1.54) is 13.2 Å². The average molecular weight is 286 g/mol. The molecule has 1 aromatic rings. The maximum Gasteiger partial charge on any atom is 0.313 e. The highest BCUT2D eigenvalue weighted by Crippen LogP contribution is 2.32. The predicted molar refractivity (Wildman–Crippen MR) is 68.5 cm³/mol. The van der Waals surface area contributed by atoms with Crippen LogP contribution in [0.2, 0.25) is 0 Å². The van der Waals surface area contributed by atoms with Crippen LogP contribution in [0.15, 0.2) is 12.1 Å². The molecular weight excluding hydrogens is 271 g/mol. The van der Waals surface area contributed by atoms with Crippen LogP contribution in [-0.4, -0.2) is 42.5 Å². The molecule has 2 rings (SSSR count). The van der Waals surface area contributed by atoms with Crippen molar-refractivity contribution in [3.63, 3.8) is 0 Å². The molecule has 0 spiro atoms. The molecule has 2 N–H and O–H groups in total. The number of nitrogens with zero attached hydrogens (tertiary/aromatic N) is 1. The van der Waals surface area contributed by atoms with E-state index in [4.69, 9.17) is 9.47 Å². The van der Waals surface area contributed by atoms with Crippen LogP contribution in [-0.2, 0) is 4.74 Å². The highest BCUT2D eigenvalue weighted by molar-refractivity contribution is 5.59. The van der Waals surface area contributed by atoms with Gasteiger partial charge in [0.2, 0.25) is 0 Å². The van der Waals surface area contributed by atoms with Gasteiger partial charge in [0.1, 0.15) is 5.60 Å². The highest BCUT2D eigenvalue weighted by Gasteiger charge is 2.32. The Hall–Kier alpha value is -1.93. The lowest BCUT2D eigenvalue weighted by atomic mass is 10.0. The molecule has 0 saturated carbocycles. The zero-order valence-corrected chi connectivity index (χ0v) is 10.9. The largest absolute Gasteiger partial charge is 0.490 e. The van der Waals surface area contributed by atoms with Gasteiger partial charge in [0.25, 0.3) is 0 Å². The van der Waals surface area contributed by atoms with Crippen molar-refractivity contribution in [1.82, 2.24) is 0 Å². The van der Waals surface area contributed by atoms with E-state index >= 15 is 0 Å². The van der Waals surface area contributed by atoms with Crippen LogP contribution in [0, 0.1) is 15.9 Å². The van der Waals surface area contributed by atoms with Crippen LogP contribution >= 0.6 is 0 Å². The average Bonchev–Trinajstić information content (AvgIpc) is 2.84. The van der Waals surface area contributed by atoms with E-state index in [0.29, 0.717) is 13.0 Å². The first-order valence-electron chi connectivity index (χ1n) is 6.01. The Labute approximate surface area is 114 Å². The molecule has 7 nitrogen and oxygen atoms in total. The van der Waals surface area contributed by atoms with Crippen molar-refractivity contribution in [3.05, 3.63) is 28.1 Å². The van der Waals surface area contributed by atoms with Crippen LogP contribution < -0.4 is 10.1 Å². The van der Waals surface area contributed by atoms with Crippen LogP contribution in [0.3, 0.4) is 0 Å². The topological polar surface area (TPSA) is 93.9 Å². The van der Waals surface area contributed by atoms with Gasteiger partial charge in [0, 0.05) is 25.6 Å². The summed E-state index contributed by atoms with van der Waals surface area (Å²) in [6.45, 7) is 0.709. The number of benzene rings is 1. The first kappa shape index (κ1) is 14.5. The Balaban J connectivity index is 2.17. The summed E-state index contributed by atoms with van der Waals surface area (Å²) >= 11 is 0. The fourth-order valence-electron chi connectivity index (χ4n) is 1.98. The number of nitro benzene ring substituents is 1. The van der Waals surface area contributed by atoms with Crippen LogP contribution in [0.25, 0.3) is 0 Å². The van der Waals surface area contributed by atoms with Gasteiger partial charge in [-0.15, -0.1) is 0 Å². The smallest absolute Gasteiger partial charge is 0.313 e. The summed E-state index contributed by atoms with van der Waals surface area (Å²) in [4.78, 5) is 10.0. The van der Waals surface area contributed by atoms with Crippen LogP contribution in [0.1, 0.15) is 6.42 Å². The number of methoxy groups -OCH3 is 1. The number of nitro groups is 1. The lowest BCUT2D eigenvalue weighted by Gasteiger charge is -2.21. The second-order valence-electron chi connectivity index (χ2n) is 4.64. The Morgan fingerprint density at radius 2 is 2.40 bits per heavy atom. The summed E-state index contributed by atoms with van der Waals surface area (Å²) < 4.78 is 23.7. The predicted octanol–water partition coefficient (Wildman–Crippen LogP) is 1.31. The fraction of sp³-hybridized carbons (Fsp3) is 0.500.